The van der Waals surface area contributed by atoms with Gasteiger partial charge in [-0.05, 0) is 12.8 Å². The highest BCUT2D eigenvalue weighted by molar-refractivity contribution is 5.70. The third-order valence-electron chi connectivity index (χ3n) is 2.60. The standard InChI is InChI=1S/C8H13NO3/c10-8(11)5-1-6-3-12-4-7(2-5)9-6/h5-7,9H,1-4H2,(H,10,11). The van der Waals surface area contributed by atoms with Gasteiger partial charge in [-0.1, -0.05) is 0 Å². The minimum absolute atomic E-state index is 0.162. The molecule has 2 unspecified atom stereocenters. The minimum Gasteiger partial charge on any atom is -0.481 e. The first-order valence-corrected chi connectivity index (χ1v) is 4.32. The zero-order chi connectivity index (χ0) is 8.55. The number of aliphatic carboxylic acids is 1. The highest BCUT2D eigenvalue weighted by Crippen LogP contribution is 2.23. The number of fused-ring (bicyclic) bond motifs is 2. The van der Waals surface area contributed by atoms with Gasteiger partial charge in [-0.2, -0.15) is 0 Å². The molecule has 2 aliphatic heterocycles. The molecule has 2 fully saturated rings. The number of ether oxygens (including phenoxy) is 1. The van der Waals surface area contributed by atoms with Crippen molar-refractivity contribution in [2.75, 3.05) is 13.2 Å². The fourth-order valence-corrected chi connectivity index (χ4v) is 2.04. The molecule has 0 radical (unpaired) electrons. The highest BCUT2D eigenvalue weighted by atomic mass is 16.5. The van der Waals surface area contributed by atoms with Gasteiger partial charge < -0.3 is 15.2 Å². The molecule has 0 amide bonds. The molecule has 0 aliphatic carbocycles. The van der Waals surface area contributed by atoms with E-state index in [1.165, 1.54) is 0 Å². The summed E-state index contributed by atoms with van der Waals surface area (Å²) in [5, 5.41) is 12.2. The van der Waals surface area contributed by atoms with Crippen molar-refractivity contribution in [1.82, 2.24) is 5.32 Å². The molecule has 2 N–H and O–H groups in total. The van der Waals surface area contributed by atoms with E-state index in [1.54, 1.807) is 0 Å². The molecule has 2 aliphatic rings. The Morgan fingerprint density at radius 2 is 1.92 bits per heavy atom. The van der Waals surface area contributed by atoms with E-state index in [0.717, 1.165) is 0 Å². The Bertz CT molecular complexity index is 183. The lowest BCUT2D eigenvalue weighted by atomic mass is 9.87. The number of rotatable bonds is 1. The lowest BCUT2D eigenvalue weighted by Gasteiger charge is -2.38. The van der Waals surface area contributed by atoms with Gasteiger partial charge in [0.1, 0.15) is 0 Å². The first-order valence-electron chi connectivity index (χ1n) is 4.32. The van der Waals surface area contributed by atoms with Crippen molar-refractivity contribution in [3.05, 3.63) is 0 Å². The van der Waals surface area contributed by atoms with Gasteiger partial charge in [0, 0.05) is 12.1 Å². The van der Waals surface area contributed by atoms with E-state index >= 15 is 0 Å². The third-order valence-corrected chi connectivity index (χ3v) is 2.60. The maximum absolute atomic E-state index is 10.7. The smallest absolute Gasteiger partial charge is 0.306 e. The van der Waals surface area contributed by atoms with Crippen LogP contribution >= 0.6 is 0 Å². The number of morpholine rings is 1. The summed E-state index contributed by atoms with van der Waals surface area (Å²) in [6.07, 6.45) is 1.43. The van der Waals surface area contributed by atoms with Crippen LogP contribution in [-0.2, 0) is 9.53 Å². The van der Waals surface area contributed by atoms with Gasteiger partial charge in [-0.3, -0.25) is 4.79 Å². The van der Waals surface area contributed by atoms with Gasteiger partial charge in [-0.25, -0.2) is 0 Å². The summed E-state index contributed by atoms with van der Waals surface area (Å²) >= 11 is 0. The summed E-state index contributed by atoms with van der Waals surface area (Å²) in [5.41, 5.74) is 0. The molecule has 12 heavy (non-hydrogen) atoms. The molecule has 2 rings (SSSR count). The number of carboxylic acids is 1. The van der Waals surface area contributed by atoms with Crippen LogP contribution in [0.15, 0.2) is 0 Å². The SMILES string of the molecule is O=C(O)C1CC2COCC(C1)N2. The molecule has 0 aromatic carbocycles. The molecule has 2 atom stereocenters. The average Bonchev–Trinajstić information content (AvgIpc) is 2.03. The monoisotopic (exact) mass is 171 g/mol. The van der Waals surface area contributed by atoms with Gasteiger partial charge in [0.2, 0.25) is 0 Å². The maximum atomic E-state index is 10.7. The average molecular weight is 171 g/mol. The number of hydrogen-bond acceptors (Lipinski definition) is 3. The van der Waals surface area contributed by atoms with Gasteiger partial charge in [0.15, 0.2) is 0 Å². The van der Waals surface area contributed by atoms with Crippen LogP contribution in [0.5, 0.6) is 0 Å². The van der Waals surface area contributed by atoms with Crippen LogP contribution in [0, 0.1) is 5.92 Å². The Labute approximate surface area is 70.9 Å². The first kappa shape index (κ1) is 8.01. The second-order valence-electron chi connectivity index (χ2n) is 3.60. The molecular formula is C8H13NO3. The van der Waals surface area contributed by atoms with Gasteiger partial charge in [-0.15, -0.1) is 0 Å². The molecule has 0 aromatic rings. The number of hydrogen-bond donors (Lipinski definition) is 2. The zero-order valence-corrected chi connectivity index (χ0v) is 6.82. The van der Waals surface area contributed by atoms with E-state index < -0.39 is 5.97 Å². The summed E-state index contributed by atoms with van der Waals surface area (Å²) in [7, 11) is 0. The van der Waals surface area contributed by atoms with Gasteiger partial charge in [0.05, 0.1) is 19.1 Å². The van der Waals surface area contributed by atoms with Crippen molar-refractivity contribution in [2.45, 2.75) is 24.9 Å². The van der Waals surface area contributed by atoms with E-state index in [-0.39, 0.29) is 18.0 Å². The Kier molecular flexibility index (Phi) is 2.02. The number of piperidine rings is 1. The quantitative estimate of drug-likeness (QED) is 0.575. The van der Waals surface area contributed by atoms with Gasteiger partial charge in [0.25, 0.3) is 0 Å². The largest absolute Gasteiger partial charge is 0.481 e. The van der Waals surface area contributed by atoms with Crippen LogP contribution in [0.3, 0.4) is 0 Å². The van der Waals surface area contributed by atoms with E-state index in [9.17, 15) is 4.79 Å². The molecule has 68 valence electrons. The normalized spacial score (nSPS) is 40.8. The summed E-state index contributed by atoms with van der Waals surface area (Å²) in [6.45, 7) is 1.33. The van der Waals surface area contributed by atoms with Crippen LogP contribution in [0.25, 0.3) is 0 Å². The molecule has 2 bridgehead atoms. The van der Waals surface area contributed by atoms with Crippen LogP contribution in [-0.4, -0.2) is 36.4 Å². The van der Waals surface area contributed by atoms with Crippen LogP contribution in [0.1, 0.15) is 12.8 Å². The predicted molar refractivity (Wildman–Crippen MR) is 41.9 cm³/mol. The molecule has 2 saturated heterocycles. The Morgan fingerprint density at radius 3 is 2.42 bits per heavy atom. The van der Waals surface area contributed by atoms with Crippen LogP contribution in [0.2, 0.25) is 0 Å². The molecule has 0 spiro atoms. The fraction of sp³-hybridized carbons (Fsp3) is 0.875. The van der Waals surface area contributed by atoms with E-state index in [2.05, 4.69) is 5.32 Å². The van der Waals surface area contributed by atoms with E-state index in [4.69, 9.17) is 9.84 Å². The van der Waals surface area contributed by atoms with Crippen LogP contribution in [0.4, 0.5) is 0 Å². The van der Waals surface area contributed by atoms with E-state index in [1.807, 2.05) is 0 Å². The number of carbonyl (C=O) groups is 1. The molecule has 4 heteroatoms. The lowest BCUT2D eigenvalue weighted by Crippen LogP contribution is -2.55. The summed E-state index contributed by atoms with van der Waals surface area (Å²) in [6, 6.07) is 0.525. The maximum Gasteiger partial charge on any atom is 0.306 e. The van der Waals surface area contributed by atoms with Crippen LogP contribution < -0.4 is 5.32 Å². The summed E-state index contributed by atoms with van der Waals surface area (Å²) < 4.78 is 5.31. The summed E-state index contributed by atoms with van der Waals surface area (Å²) in [5.74, 6) is -0.821. The molecule has 0 aromatic heterocycles. The molecular weight excluding hydrogens is 158 g/mol. The second-order valence-corrected chi connectivity index (χ2v) is 3.60. The van der Waals surface area contributed by atoms with E-state index in [0.29, 0.717) is 26.1 Å². The Morgan fingerprint density at radius 1 is 1.33 bits per heavy atom. The van der Waals surface area contributed by atoms with Crippen molar-refractivity contribution in [3.8, 4) is 0 Å². The first-order chi connectivity index (χ1) is 5.75. The predicted octanol–water partition coefficient (Wildman–Crippen LogP) is -0.162. The van der Waals surface area contributed by atoms with Gasteiger partial charge >= 0.3 is 5.97 Å². The molecule has 4 nitrogen and oxygen atoms in total. The van der Waals surface area contributed by atoms with Crippen molar-refractivity contribution >= 4 is 5.97 Å². The Hall–Kier alpha value is -0.610. The Balaban J connectivity index is 2.00. The molecule has 2 heterocycles. The van der Waals surface area contributed by atoms with Crippen molar-refractivity contribution in [2.24, 2.45) is 5.92 Å². The van der Waals surface area contributed by atoms with Crippen molar-refractivity contribution in [1.29, 1.82) is 0 Å². The van der Waals surface area contributed by atoms with Crippen molar-refractivity contribution < 1.29 is 14.6 Å². The zero-order valence-electron chi connectivity index (χ0n) is 6.82. The topological polar surface area (TPSA) is 58.6 Å². The van der Waals surface area contributed by atoms with Crippen molar-refractivity contribution in [3.63, 3.8) is 0 Å². The number of carboxylic acid groups (broad SMARTS) is 1. The second kappa shape index (κ2) is 3.03. The lowest BCUT2D eigenvalue weighted by molar-refractivity contribution is -0.145. The highest BCUT2D eigenvalue weighted by Gasteiger charge is 2.34. The summed E-state index contributed by atoms with van der Waals surface area (Å²) in [4.78, 5) is 10.7. The minimum atomic E-state index is -0.659. The number of nitrogens with one attached hydrogen (secondary N) is 1. The third kappa shape index (κ3) is 1.44. The molecule has 0 saturated carbocycles. The fourth-order valence-electron chi connectivity index (χ4n) is 2.04.